The third-order valence-electron chi connectivity index (χ3n) is 5.62. The molecule has 0 aliphatic carbocycles. The lowest BCUT2D eigenvalue weighted by atomic mass is 9.98. The van der Waals surface area contributed by atoms with Crippen LogP contribution in [0.15, 0.2) is 66.9 Å². The third-order valence-corrected chi connectivity index (χ3v) is 5.62. The van der Waals surface area contributed by atoms with E-state index in [2.05, 4.69) is 47.3 Å². The topological polar surface area (TPSA) is 54.3 Å². The van der Waals surface area contributed by atoms with Crippen molar-refractivity contribution in [2.45, 2.75) is 39.3 Å². The fraction of sp³-hybridized carbons (Fsp3) is 0.280. The summed E-state index contributed by atoms with van der Waals surface area (Å²) in [5.74, 6) is -0.132. The highest BCUT2D eigenvalue weighted by Gasteiger charge is 2.32. The van der Waals surface area contributed by atoms with Crippen molar-refractivity contribution in [3.8, 4) is 0 Å². The Balaban J connectivity index is 1.47. The summed E-state index contributed by atoms with van der Waals surface area (Å²) in [6.45, 7) is 5.47. The van der Waals surface area contributed by atoms with Crippen LogP contribution in [0.5, 0.6) is 0 Å². The second-order valence-electron chi connectivity index (χ2n) is 7.94. The van der Waals surface area contributed by atoms with Gasteiger partial charge in [-0.25, -0.2) is 0 Å². The number of hydrogen-bond acceptors (Lipinski definition) is 2. The molecule has 2 aromatic carbocycles. The van der Waals surface area contributed by atoms with E-state index in [0.717, 1.165) is 29.1 Å². The smallest absolute Gasteiger partial charge is 0.224 e. The lowest BCUT2D eigenvalue weighted by Gasteiger charge is -2.37. The van der Waals surface area contributed by atoms with Gasteiger partial charge in [-0.05, 0) is 43.7 Å². The Morgan fingerprint density at radius 3 is 2.50 bits per heavy atom. The zero-order valence-electron chi connectivity index (χ0n) is 17.5. The van der Waals surface area contributed by atoms with Gasteiger partial charge in [0.1, 0.15) is 0 Å². The second-order valence-corrected chi connectivity index (χ2v) is 7.94. The van der Waals surface area contributed by atoms with Gasteiger partial charge in [0.05, 0.1) is 6.04 Å². The van der Waals surface area contributed by atoms with E-state index >= 15 is 0 Å². The minimum Gasteiger partial charge on any atom is -0.348 e. The van der Waals surface area contributed by atoms with Crippen molar-refractivity contribution >= 4 is 17.5 Å². The van der Waals surface area contributed by atoms with Crippen LogP contribution < -0.4 is 5.32 Å². The molecule has 1 N–H and O–H groups in total. The van der Waals surface area contributed by atoms with Crippen molar-refractivity contribution in [2.75, 3.05) is 11.9 Å². The lowest BCUT2D eigenvalue weighted by molar-refractivity contribution is -0.135. The van der Waals surface area contributed by atoms with Gasteiger partial charge in [-0.3, -0.25) is 9.59 Å². The summed E-state index contributed by atoms with van der Waals surface area (Å²) in [5, 5.41) is 2.88. The molecule has 2 heterocycles. The Labute approximate surface area is 177 Å². The first kappa shape index (κ1) is 20.0. The highest BCUT2D eigenvalue weighted by molar-refractivity contribution is 5.93. The first-order valence-electron chi connectivity index (χ1n) is 10.4. The Hall–Kier alpha value is -3.34. The van der Waals surface area contributed by atoms with Crippen molar-refractivity contribution in [1.82, 2.24) is 9.47 Å². The fourth-order valence-corrected chi connectivity index (χ4v) is 4.07. The van der Waals surface area contributed by atoms with E-state index in [1.54, 1.807) is 0 Å². The zero-order valence-corrected chi connectivity index (χ0v) is 17.5. The number of aryl methyl sites for hydroxylation is 2. The van der Waals surface area contributed by atoms with Gasteiger partial charge >= 0.3 is 0 Å². The second kappa shape index (κ2) is 8.57. The van der Waals surface area contributed by atoms with Gasteiger partial charge in [0, 0.05) is 43.5 Å². The predicted molar refractivity (Wildman–Crippen MR) is 118 cm³/mol. The van der Waals surface area contributed by atoms with E-state index in [9.17, 15) is 9.59 Å². The summed E-state index contributed by atoms with van der Waals surface area (Å²) in [4.78, 5) is 27.4. The number of benzene rings is 2. The number of nitrogens with one attached hydrogen (secondary N) is 1. The first-order valence-corrected chi connectivity index (χ1v) is 10.4. The molecule has 0 fully saturated rings. The minimum atomic E-state index is -0.139. The highest BCUT2D eigenvalue weighted by Crippen LogP contribution is 2.33. The van der Waals surface area contributed by atoms with Crippen molar-refractivity contribution < 1.29 is 9.59 Å². The maximum Gasteiger partial charge on any atom is 0.224 e. The highest BCUT2D eigenvalue weighted by atomic mass is 16.2. The quantitative estimate of drug-likeness (QED) is 0.686. The Bertz CT molecular complexity index is 1050. The average molecular weight is 402 g/mol. The fourth-order valence-electron chi connectivity index (χ4n) is 4.07. The lowest BCUT2D eigenvalue weighted by Crippen LogP contribution is -2.42. The molecule has 1 aliphatic rings. The van der Waals surface area contributed by atoms with Crippen LogP contribution in [0.4, 0.5) is 5.69 Å². The number of anilines is 1. The SMILES string of the molecule is Cc1ccc(NC(=O)CCC(=O)N2CCn3cccc3C2c2cccc(C)c2)cc1. The van der Waals surface area contributed by atoms with E-state index in [0.29, 0.717) is 6.54 Å². The molecule has 1 aromatic heterocycles. The number of hydrogen-bond donors (Lipinski definition) is 1. The van der Waals surface area contributed by atoms with Gasteiger partial charge in [0.2, 0.25) is 11.8 Å². The first-order chi connectivity index (χ1) is 14.5. The molecule has 5 heteroatoms. The predicted octanol–water partition coefficient (Wildman–Crippen LogP) is 4.46. The molecule has 0 radical (unpaired) electrons. The standard InChI is InChI=1S/C25H27N3O2/c1-18-8-10-21(11-9-18)26-23(29)12-13-24(30)28-16-15-27-14-4-7-22(27)25(28)20-6-3-5-19(2)17-20/h3-11,14,17,25H,12-13,15-16H2,1-2H3,(H,26,29). The van der Waals surface area contributed by atoms with Crippen LogP contribution in [0.2, 0.25) is 0 Å². The van der Waals surface area contributed by atoms with Crippen molar-refractivity contribution in [2.24, 2.45) is 0 Å². The molecule has 0 saturated carbocycles. The normalized spacial score (nSPS) is 15.5. The van der Waals surface area contributed by atoms with Gasteiger partial charge in [-0.2, -0.15) is 0 Å². The number of rotatable bonds is 5. The van der Waals surface area contributed by atoms with Gasteiger partial charge in [-0.15, -0.1) is 0 Å². The van der Waals surface area contributed by atoms with E-state index in [4.69, 9.17) is 0 Å². The van der Waals surface area contributed by atoms with Crippen LogP contribution in [0.3, 0.4) is 0 Å². The Morgan fingerprint density at radius 2 is 1.73 bits per heavy atom. The van der Waals surface area contributed by atoms with Crippen molar-refractivity contribution in [3.05, 3.63) is 89.2 Å². The van der Waals surface area contributed by atoms with Crippen LogP contribution in [0.1, 0.15) is 41.3 Å². The number of nitrogens with zero attached hydrogens (tertiary/aromatic N) is 2. The number of carbonyl (C=O) groups is 2. The summed E-state index contributed by atoms with van der Waals surface area (Å²) in [7, 11) is 0. The van der Waals surface area contributed by atoms with Crippen LogP contribution in [0.25, 0.3) is 0 Å². The Kier molecular flexibility index (Phi) is 5.70. The summed E-state index contributed by atoms with van der Waals surface area (Å²) in [6.07, 6.45) is 2.43. The van der Waals surface area contributed by atoms with E-state index in [1.165, 1.54) is 5.56 Å². The molecular formula is C25H27N3O2. The largest absolute Gasteiger partial charge is 0.348 e. The number of aromatic nitrogens is 1. The molecule has 2 amide bonds. The van der Waals surface area contributed by atoms with Crippen molar-refractivity contribution in [3.63, 3.8) is 0 Å². The summed E-state index contributed by atoms with van der Waals surface area (Å²) in [5.41, 5.74) is 5.28. The van der Waals surface area contributed by atoms with Crippen LogP contribution >= 0.6 is 0 Å². The van der Waals surface area contributed by atoms with Crippen molar-refractivity contribution in [1.29, 1.82) is 0 Å². The molecule has 0 saturated heterocycles. The third kappa shape index (κ3) is 4.30. The van der Waals surface area contributed by atoms with Gasteiger partial charge < -0.3 is 14.8 Å². The zero-order chi connectivity index (χ0) is 21.1. The molecule has 154 valence electrons. The number of fused-ring (bicyclic) bond motifs is 1. The van der Waals surface area contributed by atoms with Crippen LogP contribution in [-0.2, 0) is 16.1 Å². The van der Waals surface area contributed by atoms with Crippen LogP contribution in [0, 0.1) is 13.8 Å². The average Bonchev–Trinajstić information content (AvgIpc) is 3.22. The summed E-state index contributed by atoms with van der Waals surface area (Å²) in [6, 6.07) is 20.0. The van der Waals surface area contributed by atoms with E-state index in [-0.39, 0.29) is 30.7 Å². The van der Waals surface area contributed by atoms with E-state index in [1.807, 2.05) is 48.2 Å². The molecular weight excluding hydrogens is 374 g/mol. The molecule has 4 rings (SSSR count). The summed E-state index contributed by atoms with van der Waals surface area (Å²) < 4.78 is 2.21. The maximum atomic E-state index is 13.1. The molecule has 0 spiro atoms. The molecule has 1 unspecified atom stereocenters. The Morgan fingerprint density at radius 1 is 0.933 bits per heavy atom. The van der Waals surface area contributed by atoms with Gasteiger partial charge in [0.25, 0.3) is 0 Å². The molecule has 3 aromatic rings. The van der Waals surface area contributed by atoms with Gasteiger partial charge in [-0.1, -0.05) is 47.5 Å². The molecule has 0 bridgehead atoms. The molecule has 1 atom stereocenters. The molecule has 1 aliphatic heterocycles. The summed E-state index contributed by atoms with van der Waals surface area (Å²) >= 11 is 0. The maximum absolute atomic E-state index is 13.1. The molecule has 5 nitrogen and oxygen atoms in total. The van der Waals surface area contributed by atoms with Gasteiger partial charge in [0.15, 0.2) is 0 Å². The van der Waals surface area contributed by atoms with E-state index < -0.39 is 0 Å². The number of amides is 2. The minimum absolute atomic E-state index is 0.00742. The number of carbonyl (C=O) groups excluding carboxylic acids is 2. The monoisotopic (exact) mass is 401 g/mol. The van der Waals surface area contributed by atoms with Crippen LogP contribution in [-0.4, -0.2) is 27.8 Å². The molecule has 30 heavy (non-hydrogen) atoms.